The van der Waals surface area contributed by atoms with Gasteiger partial charge < -0.3 is 14.7 Å². The van der Waals surface area contributed by atoms with Crippen molar-refractivity contribution in [3.05, 3.63) is 48.1 Å². The van der Waals surface area contributed by atoms with E-state index in [1.807, 2.05) is 25.4 Å². The third-order valence-electron chi connectivity index (χ3n) is 4.18. The Morgan fingerprint density at radius 1 is 1.28 bits per heavy atom. The molecule has 0 aromatic carbocycles. The highest BCUT2D eigenvalue weighted by molar-refractivity contribution is 14.0. The molecule has 0 amide bonds. The number of hydrogen-bond acceptors (Lipinski definition) is 5. The zero-order valence-corrected chi connectivity index (χ0v) is 16.8. The largest absolute Gasteiger partial charge is 0.364 e. The van der Waals surface area contributed by atoms with Gasteiger partial charge in [-0.25, -0.2) is 0 Å². The first-order chi connectivity index (χ1) is 11.8. The lowest BCUT2D eigenvalue weighted by molar-refractivity contribution is 0.169. The molecule has 2 aromatic rings. The van der Waals surface area contributed by atoms with Crippen LogP contribution in [0.3, 0.4) is 0 Å². The summed E-state index contributed by atoms with van der Waals surface area (Å²) in [4.78, 5) is 13.3. The van der Waals surface area contributed by atoms with Gasteiger partial charge in [-0.15, -0.1) is 24.0 Å². The molecule has 0 spiro atoms. The van der Waals surface area contributed by atoms with E-state index in [2.05, 4.69) is 36.3 Å². The maximum Gasteiger partial charge on any atom is 0.193 e. The number of rotatable bonds is 5. The van der Waals surface area contributed by atoms with Gasteiger partial charge in [0.1, 0.15) is 6.26 Å². The van der Waals surface area contributed by atoms with Gasteiger partial charge in [-0.2, -0.15) is 0 Å². The molecule has 3 heterocycles. The first kappa shape index (κ1) is 19.6. The van der Waals surface area contributed by atoms with E-state index in [9.17, 15) is 0 Å². The van der Waals surface area contributed by atoms with Crippen LogP contribution in [0.25, 0.3) is 0 Å². The van der Waals surface area contributed by atoms with E-state index in [0.29, 0.717) is 0 Å². The summed E-state index contributed by atoms with van der Waals surface area (Å²) in [5.41, 5.74) is 2.22. The molecule has 3 rings (SSSR count). The molecule has 0 radical (unpaired) electrons. The highest BCUT2D eigenvalue weighted by atomic mass is 127. The zero-order chi connectivity index (χ0) is 16.6. The SMILES string of the molecule is CN=C(NCCc1cccnc1)N1CCN(Cc2ccon2)CC1.I. The molecular weight excluding hydrogens is 431 g/mol. The van der Waals surface area contributed by atoms with Gasteiger partial charge in [0.15, 0.2) is 5.96 Å². The third-order valence-corrected chi connectivity index (χ3v) is 4.18. The first-order valence-electron chi connectivity index (χ1n) is 8.31. The monoisotopic (exact) mass is 456 g/mol. The average Bonchev–Trinajstić information content (AvgIpc) is 3.14. The highest BCUT2D eigenvalue weighted by Gasteiger charge is 2.20. The van der Waals surface area contributed by atoms with Crippen LogP contribution in [0.1, 0.15) is 11.3 Å². The van der Waals surface area contributed by atoms with E-state index < -0.39 is 0 Å². The summed E-state index contributed by atoms with van der Waals surface area (Å²) in [6, 6.07) is 5.99. The van der Waals surface area contributed by atoms with E-state index >= 15 is 0 Å². The van der Waals surface area contributed by atoms with Crippen LogP contribution in [-0.2, 0) is 13.0 Å². The van der Waals surface area contributed by atoms with Gasteiger partial charge >= 0.3 is 0 Å². The molecule has 1 fully saturated rings. The number of hydrogen-bond donors (Lipinski definition) is 1. The average molecular weight is 456 g/mol. The van der Waals surface area contributed by atoms with Crippen molar-refractivity contribution in [1.29, 1.82) is 0 Å². The topological polar surface area (TPSA) is 69.8 Å². The predicted octanol–water partition coefficient (Wildman–Crippen LogP) is 1.62. The second-order valence-electron chi connectivity index (χ2n) is 5.84. The molecule has 25 heavy (non-hydrogen) atoms. The fourth-order valence-corrected chi connectivity index (χ4v) is 2.86. The number of nitrogens with zero attached hydrogens (tertiary/aromatic N) is 5. The Morgan fingerprint density at radius 2 is 2.12 bits per heavy atom. The minimum atomic E-state index is 0. The number of nitrogens with one attached hydrogen (secondary N) is 1. The molecular formula is C17H25IN6O. The van der Waals surface area contributed by atoms with Gasteiger partial charge in [0.25, 0.3) is 0 Å². The van der Waals surface area contributed by atoms with E-state index in [1.165, 1.54) is 5.56 Å². The molecule has 8 heteroatoms. The number of aromatic nitrogens is 2. The summed E-state index contributed by atoms with van der Waals surface area (Å²) in [5, 5.41) is 7.43. The Kier molecular flexibility index (Phi) is 8.13. The third kappa shape index (κ3) is 5.96. The summed E-state index contributed by atoms with van der Waals surface area (Å²) in [7, 11) is 1.84. The number of pyridine rings is 1. The molecule has 1 saturated heterocycles. The molecule has 0 bridgehead atoms. The maximum atomic E-state index is 4.89. The van der Waals surface area contributed by atoms with Crippen LogP contribution in [-0.4, -0.2) is 65.7 Å². The number of piperazine rings is 1. The number of halogens is 1. The van der Waals surface area contributed by atoms with Crippen LogP contribution in [0.2, 0.25) is 0 Å². The molecule has 0 saturated carbocycles. The van der Waals surface area contributed by atoms with Crippen LogP contribution in [0, 0.1) is 0 Å². The van der Waals surface area contributed by atoms with Crippen LogP contribution < -0.4 is 5.32 Å². The summed E-state index contributed by atoms with van der Waals surface area (Å²) >= 11 is 0. The molecule has 2 aromatic heterocycles. The van der Waals surface area contributed by atoms with Gasteiger partial charge in [-0.1, -0.05) is 11.2 Å². The van der Waals surface area contributed by atoms with Crippen molar-refractivity contribution in [3.8, 4) is 0 Å². The maximum absolute atomic E-state index is 4.89. The van der Waals surface area contributed by atoms with Crippen molar-refractivity contribution >= 4 is 29.9 Å². The summed E-state index contributed by atoms with van der Waals surface area (Å²) < 4.78 is 4.89. The van der Waals surface area contributed by atoms with Crippen molar-refractivity contribution in [2.45, 2.75) is 13.0 Å². The minimum Gasteiger partial charge on any atom is -0.364 e. The molecule has 0 unspecified atom stereocenters. The minimum absolute atomic E-state index is 0. The van der Waals surface area contributed by atoms with Crippen molar-refractivity contribution in [2.24, 2.45) is 4.99 Å². The quantitative estimate of drug-likeness (QED) is 0.419. The Balaban J connectivity index is 0.00000225. The lowest BCUT2D eigenvalue weighted by atomic mass is 10.2. The molecule has 0 atom stereocenters. The van der Waals surface area contributed by atoms with Crippen LogP contribution in [0.5, 0.6) is 0 Å². The molecule has 1 aliphatic heterocycles. The van der Waals surface area contributed by atoms with E-state index in [1.54, 1.807) is 12.5 Å². The fraction of sp³-hybridized carbons (Fsp3) is 0.471. The Bertz CT molecular complexity index is 626. The Morgan fingerprint density at radius 3 is 2.76 bits per heavy atom. The zero-order valence-electron chi connectivity index (χ0n) is 14.5. The second kappa shape index (κ2) is 10.3. The second-order valence-corrected chi connectivity index (χ2v) is 5.84. The van der Waals surface area contributed by atoms with Gasteiger partial charge in [0.05, 0.1) is 5.69 Å². The predicted molar refractivity (Wildman–Crippen MR) is 108 cm³/mol. The molecule has 7 nitrogen and oxygen atoms in total. The van der Waals surface area contributed by atoms with E-state index in [0.717, 1.165) is 57.3 Å². The van der Waals surface area contributed by atoms with E-state index in [-0.39, 0.29) is 24.0 Å². The number of aliphatic imine (C=N–C) groups is 1. The van der Waals surface area contributed by atoms with Crippen LogP contribution in [0.15, 0.2) is 46.4 Å². The van der Waals surface area contributed by atoms with Gasteiger partial charge in [-0.05, 0) is 18.1 Å². The van der Waals surface area contributed by atoms with Crippen molar-refractivity contribution in [2.75, 3.05) is 39.8 Å². The fourth-order valence-electron chi connectivity index (χ4n) is 2.86. The molecule has 1 N–H and O–H groups in total. The summed E-state index contributed by atoms with van der Waals surface area (Å²) in [6.07, 6.45) is 6.28. The highest BCUT2D eigenvalue weighted by Crippen LogP contribution is 2.07. The summed E-state index contributed by atoms with van der Waals surface area (Å²) in [5.74, 6) is 0.972. The molecule has 136 valence electrons. The van der Waals surface area contributed by atoms with E-state index in [4.69, 9.17) is 4.52 Å². The smallest absolute Gasteiger partial charge is 0.193 e. The molecule has 1 aliphatic rings. The summed E-state index contributed by atoms with van der Waals surface area (Å²) in [6.45, 7) is 5.62. The number of guanidine groups is 1. The van der Waals surface area contributed by atoms with Gasteiger partial charge in [0, 0.05) is 64.8 Å². The Labute approximate surface area is 165 Å². The standard InChI is InChI=1S/C17H24N6O.HI/c1-18-17(20-7-4-15-3-2-6-19-13-15)23-10-8-22(9-11-23)14-16-5-12-24-21-16;/h2-3,5-6,12-13H,4,7-11,14H2,1H3,(H,18,20);1H. The van der Waals surface area contributed by atoms with Crippen molar-refractivity contribution in [1.82, 2.24) is 25.3 Å². The van der Waals surface area contributed by atoms with Gasteiger partial charge in [-0.3, -0.25) is 14.9 Å². The molecule has 0 aliphatic carbocycles. The van der Waals surface area contributed by atoms with Crippen LogP contribution >= 0.6 is 24.0 Å². The lowest BCUT2D eigenvalue weighted by Gasteiger charge is -2.36. The normalized spacial score (nSPS) is 15.7. The van der Waals surface area contributed by atoms with Crippen LogP contribution in [0.4, 0.5) is 0 Å². The van der Waals surface area contributed by atoms with Gasteiger partial charge in [0.2, 0.25) is 0 Å². The first-order valence-corrected chi connectivity index (χ1v) is 8.31. The van der Waals surface area contributed by atoms with Crippen molar-refractivity contribution < 1.29 is 4.52 Å². The van der Waals surface area contributed by atoms with Crippen molar-refractivity contribution in [3.63, 3.8) is 0 Å². The Hall–Kier alpha value is -1.68. The lowest BCUT2D eigenvalue weighted by Crippen LogP contribution is -2.52.